The molecule has 1 saturated heterocycles. The summed E-state index contributed by atoms with van der Waals surface area (Å²) in [5, 5.41) is 4.47. The standard InChI is InChI=1S/C27H24FN5O3/c1-16-23(15-34)25(19-9-11-32(12-10-19)27(36)17(2)35)31-26-22(14-30-33(16)26)20-5-8-24(29-13-20)18-3-6-21(28)7-4-18/h3-8,13-15,19H,9-12H2,1-2H3. The Bertz CT molecular complexity index is 1470. The van der Waals surface area contributed by atoms with Crippen LogP contribution in [0.15, 0.2) is 48.8 Å². The maximum Gasteiger partial charge on any atom is 0.289 e. The Labute approximate surface area is 206 Å². The van der Waals surface area contributed by atoms with Gasteiger partial charge in [0.15, 0.2) is 11.9 Å². The van der Waals surface area contributed by atoms with Crippen LogP contribution in [0, 0.1) is 12.7 Å². The van der Waals surface area contributed by atoms with Crippen molar-refractivity contribution in [2.75, 3.05) is 13.1 Å². The number of carbonyl (C=O) groups is 3. The van der Waals surface area contributed by atoms with Crippen LogP contribution in [0.4, 0.5) is 4.39 Å². The van der Waals surface area contributed by atoms with E-state index in [4.69, 9.17) is 4.98 Å². The SMILES string of the molecule is CC(=O)C(=O)N1CCC(c2nc3c(-c4ccc(-c5ccc(F)cc5)nc4)cnn3c(C)c2C=O)CC1. The molecule has 36 heavy (non-hydrogen) atoms. The van der Waals surface area contributed by atoms with Crippen molar-refractivity contribution in [3.05, 3.63) is 71.6 Å². The molecule has 0 aliphatic carbocycles. The largest absolute Gasteiger partial charge is 0.336 e. The monoisotopic (exact) mass is 485 g/mol. The van der Waals surface area contributed by atoms with Crippen LogP contribution in [0.5, 0.6) is 0 Å². The zero-order valence-corrected chi connectivity index (χ0v) is 19.9. The summed E-state index contributed by atoms with van der Waals surface area (Å²) in [5.74, 6) is -1.27. The maximum atomic E-state index is 13.3. The third-order valence-electron chi connectivity index (χ3n) is 6.76. The van der Waals surface area contributed by atoms with E-state index < -0.39 is 11.7 Å². The number of aromatic nitrogens is 4. The Morgan fingerprint density at radius 1 is 1.03 bits per heavy atom. The Morgan fingerprint density at radius 2 is 1.72 bits per heavy atom. The molecule has 4 aromatic rings. The van der Waals surface area contributed by atoms with Gasteiger partial charge in [0.25, 0.3) is 5.91 Å². The van der Waals surface area contributed by atoms with E-state index in [9.17, 15) is 18.8 Å². The van der Waals surface area contributed by atoms with Gasteiger partial charge in [-0.3, -0.25) is 19.4 Å². The predicted molar refractivity (Wildman–Crippen MR) is 131 cm³/mol. The number of aldehydes is 1. The van der Waals surface area contributed by atoms with Crippen molar-refractivity contribution >= 4 is 23.6 Å². The van der Waals surface area contributed by atoms with Crippen molar-refractivity contribution in [2.24, 2.45) is 0 Å². The van der Waals surface area contributed by atoms with Crippen molar-refractivity contribution < 1.29 is 18.8 Å². The van der Waals surface area contributed by atoms with Gasteiger partial charge in [-0.25, -0.2) is 13.9 Å². The van der Waals surface area contributed by atoms with Crippen molar-refractivity contribution in [3.63, 3.8) is 0 Å². The number of pyridine rings is 1. The molecule has 1 aliphatic heterocycles. The van der Waals surface area contributed by atoms with Crippen LogP contribution in [0.1, 0.15) is 47.4 Å². The number of benzene rings is 1. The lowest BCUT2D eigenvalue weighted by molar-refractivity contribution is -0.144. The Hall–Kier alpha value is -4.27. The number of Topliss-reactive ketones (excluding diaryl/α,β-unsaturated/α-hetero) is 1. The van der Waals surface area contributed by atoms with Crippen LogP contribution in [0.3, 0.4) is 0 Å². The highest BCUT2D eigenvalue weighted by molar-refractivity contribution is 6.35. The molecule has 0 saturated carbocycles. The molecule has 1 fully saturated rings. The lowest BCUT2D eigenvalue weighted by Gasteiger charge is -2.31. The van der Waals surface area contributed by atoms with E-state index in [1.54, 1.807) is 33.9 Å². The summed E-state index contributed by atoms with van der Waals surface area (Å²) in [6, 6.07) is 9.94. The van der Waals surface area contributed by atoms with Gasteiger partial charge in [0.2, 0.25) is 5.78 Å². The molecule has 1 aromatic carbocycles. The maximum absolute atomic E-state index is 13.3. The second kappa shape index (κ2) is 9.41. The van der Waals surface area contributed by atoms with Crippen LogP contribution in [0.2, 0.25) is 0 Å². The van der Waals surface area contributed by atoms with E-state index in [0.717, 1.165) is 28.7 Å². The molecule has 9 heteroatoms. The predicted octanol–water partition coefficient (Wildman–Crippen LogP) is 4.01. The van der Waals surface area contributed by atoms with Crippen LogP contribution in [0.25, 0.3) is 28.0 Å². The highest BCUT2D eigenvalue weighted by Crippen LogP contribution is 2.33. The first-order valence-electron chi connectivity index (χ1n) is 11.7. The van der Waals surface area contributed by atoms with Crippen LogP contribution in [-0.4, -0.2) is 55.5 Å². The molecule has 1 aliphatic rings. The molecule has 1 amide bonds. The summed E-state index contributed by atoms with van der Waals surface area (Å²) in [7, 11) is 0. The van der Waals surface area contributed by atoms with Gasteiger partial charge in [-0.2, -0.15) is 5.10 Å². The lowest BCUT2D eigenvalue weighted by atomic mass is 9.90. The molecular formula is C27H24FN5O3. The first kappa shape index (κ1) is 23.5. The molecule has 182 valence electrons. The number of ketones is 1. The summed E-state index contributed by atoms with van der Waals surface area (Å²) in [6.07, 6.45) is 5.46. The van der Waals surface area contributed by atoms with Gasteiger partial charge >= 0.3 is 0 Å². The number of carbonyl (C=O) groups excluding carboxylic acids is 3. The summed E-state index contributed by atoms with van der Waals surface area (Å²) < 4.78 is 14.9. The van der Waals surface area contributed by atoms with E-state index in [0.29, 0.717) is 48.5 Å². The number of likely N-dealkylation sites (tertiary alicyclic amines) is 1. The van der Waals surface area contributed by atoms with Gasteiger partial charge in [-0.15, -0.1) is 0 Å². The highest BCUT2D eigenvalue weighted by atomic mass is 19.1. The fraction of sp³-hybridized carbons (Fsp3) is 0.259. The molecule has 0 unspecified atom stereocenters. The number of nitrogens with zero attached hydrogens (tertiary/aromatic N) is 5. The molecule has 0 atom stereocenters. The van der Waals surface area contributed by atoms with Gasteiger partial charge in [0.05, 0.1) is 28.8 Å². The van der Waals surface area contributed by atoms with Gasteiger partial charge in [0, 0.05) is 48.8 Å². The molecular weight excluding hydrogens is 461 g/mol. The average Bonchev–Trinajstić information content (AvgIpc) is 3.33. The molecule has 8 nitrogen and oxygen atoms in total. The van der Waals surface area contributed by atoms with Crippen molar-refractivity contribution in [3.8, 4) is 22.4 Å². The highest BCUT2D eigenvalue weighted by Gasteiger charge is 2.29. The Balaban J connectivity index is 1.49. The normalized spacial score (nSPS) is 14.2. The topological polar surface area (TPSA) is 97.5 Å². The summed E-state index contributed by atoms with van der Waals surface area (Å²) >= 11 is 0. The molecule has 3 aromatic heterocycles. The summed E-state index contributed by atoms with van der Waals surface area (Å²) in [6.45, 7) is 3.99. The molecule has 0 spiro atoms. The number of hydrogen-bond acceptors (Lipinski definition) is 6. The molecule has 0 bridgehead atoms. The van der Waals surface area contributed by atoms with Gasteiger partial charge in [-0.1, -0.05) is 6.07 Å². The van der Waals surface area contributed by atoms with E-state index in [1.807, 2.05) is 19.1 Å². The minimum atomic E-state index is -0.474. The fourth-order valence-corrected chi connectivity index (χ4v) is 4.75. The lowest BCUT2D eigenvalue weighted by Crippen LogP contribution is -2.41. The number of fused-ring (bicyclic) bond motifs is 1. The second-order valence-corrected chi connectivity index (χ2v) is 8.97. The van der Waals surface area contributed by atoms with Gasteiger partial charge in [0.1, 0.15) is 5.82 Å². The summed E-state index contributed by atoms with van der Waals surface area (Å²) in [5.41, 5.74) is 5.61. The number of hydrogen-bond donors (Lipinski definition) is 0. The van der Waals surface area contributed by atoms with Crippen LogP contribution in [-0.2, 0) is 9.59 Å². The fourth-order valence-electron chi connectivity index (χ4n) is 4.75. The Morgan fingerprint density at radius 3 is 2.33 bits per heavy atom. The zero-order chi connectivity index (χ0) is 25.4. The van der Waals surface area contributed by atoms with Crippen LogP contribution >= 0.6 is 0 Å². The number of halogens is 1. The number of aryl methyl sites for hydroxylation is 1. The molecule has 4 heterocycles. The van der Waals surface area contributed by atoms with Crippen LogP contribution < -0.4 is 0 Å². The number of rotatable bonds is 5. The van der Waals surface area contributed by atoms with Crippen molar-refractivity contribution in [1.29, 1.82) is 0 Å². The minimum Gasteiger partial charge on any atom is -0.336 e. The van der Waals surface area contributed by atoms with E-state index in [1.165, 1.54) is 19.1 Å². The van der Waals surface area contributed by atoms with Crippen molar-refractivity contribution in [1.82, 2.24) is 24.5 Å². The third-order valence-corrected chi connectivity index (χ3v) is 6.76. The minimum absolute atomic E-state index is 0.0216. The first-order valence-corrected chi connectivity index (χ1v) is 11.7. The third kappa shape index (κ3) is 4.17. The summed E-state index contributed by atoms with van der Waals surface area (Å²) in [4.78, 5) is 46.6. The smallest absolute Gasteiger partial charge is 0.289 e. The van der Waals surface area contributed by atoms with E-state index in [-0.39, 0.29) is 11.7 Å². The van der Waals surface area contributed by atoms with E-state index >= 15 is 0 Å². The quantitative estimate of drug-likeness (QED) is 0.313. The number of amides is 1. The van der Waals surface area contributed by atoms with Gasteiger partial charge < -0.3 is 4.90 Å². The van der Waals surface area contributed by atoms with Crippen molar-refractivity contribution in [2.45, 2.75) is 32.6 Å². The van der Waals surface area contributed by atoms with E-state index in [2.05, 4.69) is 10.1 Å². The Kier molecular flexibility index (Phi) is 6.13. The average molecular weight is 486 g/mol. The molecule has 0 N–H and O–H groups in total. The first-order chi connectivity index (χ1) is 17.4. The van der Waals surface area contributed by atoms with Gasteiger partial charge in [-0.05, 0) is 50.1 Å². The molecule has 0 radical (unpaired) electrons. The second-order valence-electron chi connectivity index (χ2n) is 8.97. The number of piperidine rings is 1. The molecule has 5 rings (SSSR count). The zero-order valence-electron chi connectivity index (χ0n) is 19.9.